The molecule has 0 aliphatic heterocycles. The number of benzene rings is 2. The van der Waals surface area contributed by atoms with Crippen molar-refractivity contribution in [1.29, 1.82) is 0 Å². The van der Waals surface area contributed by atoms with Crippen LogP contribution in [0.4, 0.5) is 10.0 Å². The normalized spacial score (nSPS) is 10.9. The van der Waals surface area contributed by atoms with E-state index in [1.807, 2.05) is 48.9 Å². The molecule has 2 aromatic carbocycles. The fourth-order valence-electron chi connectivity index (χ4n) is 5.78. The van der Waals surface area contributed by atoms with E-state index in [2.05, 4.69) is 15.3 Å². The Bertz CT molecular complexity index is 2880. The van der Waals surface area contributed by atoms with Gasteiger partial charge in [-0.2, -0.15) is 0 Å². The number of hydrogen-bond acceptors (Lipinski definition) is 10. The average molecular weight is 1060 g/mol. The second-order valence-electron chi connectivity index (χ2n) is 12.2. The topological polar surface area (TPSA) is 159 Å². The summed E-state index contributed by atoms with van der Waals surface area (Å²) in [5, 5.41) is 9.59. The molecule has 6 aromatic heterocycles. The summed E-state index contributed by atoms with van der Waals surface area (Å²) in [5.41, 5.74) is 12.2. The molecule has 0 unspecified atom stereocenters. The van der Waals surface area contributed by atoms with Crippen LogP contribution in [0.5, 0.6) is 0 Å². The minimum Gasteiger partial charge on any atom is -0.391 e. The van der Waals surface area contributed by atoms with Gasteiger partial charge in [-0.15, -0.1) is 22.7 Å². The second kappa shape index (κ2) is 20.4. The van der Waals surface area contributed by atoms with Crippen LogP contribution in [-0.4, -0.2) is 40.7 Å². The van der Waals surface area contributed by atoms with E-state index >= 15 is 0 Å². The van der Waals surface area contributed by atoms with Crippen LogP contribution < -0.4 is 11.1 Å². The van der Waals surface area contributed by atoms with Gasteiger partial charge in [-0.3, -0.25) is 4.79 Å². The molecule has 284 valence electrons. The maximum absolute atomic E-state index is 13.1. The molecule has 0 saturated heterocycles. The van der Waals surface area contributed by atoms with E-state index in [-0.39, 0.29) is 118 Å². The van der Waals surface area contributed by atoms with Gasteiger partial charge in [-0.25, -0.2) is 34.7 Å². The maximum Gasteiger partial charge on any atom is 0.269 e. The van der Waals surface area contributed by atoms with E-state index < -0.39 is 20.0 Å². The van der Waals surface area contributed by atoms with Crippen LogP contribution in [0, 0.1) is 13.8 Å². The van der Waals surface area contributed by atoms with Gasteiger partial charge >= 0.3 is 0 Å². The third-order valence-corrected chi connectivity index (χ3v) is 13.4. The van der Waals surface area contributed by atoms with E-state index in [1.165, 1.54) is 43.7 Å². The molecular formula is C38H32N6O5S4V2Y2. The molecule has 8 rings (SSSR count). The summed E-state index contributed by atoms with van der Waals surface area (Å²) in [6, 6.07) is 24.5. The summed E-state index contributed by atoms with van der Waals surface area (Å²) in [7, 11) is -7.45. The standard InChI is InChI=1S/C20H17N3O3S2.C18H15N3O2S2.2V.2Y/c1-13-3-5-16(6-4-13)28(25,26)23-10-8-18-17(7-9-21-20(18)23)15-11-19(27-12-15)22-14(2)24;1-12-2-4-14(5-3-12)25(22,23)21-9-7-16-15(6-8-20-18(16)21)13-10-17(19)24-11-13;;;;/h3-12H,1-2H3,(H,22,24);2-11H,19H2,1H3;;;;. The number of amides is 1. The molecule has 11 nitrogen and oxygen atoms in total. The van der Waals surface area contributed by atoms with Gasteiger partial charge in [-0.1, -0.05) is 35.4 Å². The summed E-state index contributed by atoms with van der Waals surface area (Å²) >= 11 is 2.87. The Morgan fingerprint density at radius 3 is 1.47 bits per heavy atom. The molecule has 3 N–H and O–H groups in total. The Labute approximate surface area is 412 Å². The van der Waals surface area contributed by atoms with Crippen molar-refractivity contribution in [2.45, 2.75) is 30.6 Å². The first-order chi connectivity index (χ1) is 25.3. The number of nitrogens with two attached hydrogens (primary N) is 1. The third-order valence-electron chi connectivity index (χ3n) is 8.40. The molecule has 0 saturated carbocycles. The Balaban J connectivity index is 0.000000287. The molecule has 0 fully saturated rings. The van der Waals surface area contributed by atoms with E-state index in [1.54, 1.807) is 79.3 Å². The number of anilines is 2. The van der Waals surface area contributed by atoms with Gasteiger partial charge in [0.15, 0.2) is 11.3 Å². The molecule has 57 heavy (non-hydrogen) atoms. The van der Waals surface area contributed by atoms with Gasteiger partial charge in [0.1, 0.15) is 0 Å². The van der Waals surface area contributed by atoms with Crippen molar-refractivity contribution in [3.63, 3.8) is 0 Å². The predicted molar refractivity (Wildman–Crippen MR) is 212 cm³/mol. The number of hydrogen-bond donors (Lipinski definition) is 2. The van der Waals surface area contributed by atoms with Gasteiger partial charge in [0.25, 0.3) is 20.0 Å². The fourth-order valence-corrected chi connectivity index (χ4v) is 9.88. The summed E-state index contributed by atoms with van der Waals surface area (Å²) in [5.74, 6) is -0.136. The van der Waals surface area contributed by atoms with E-state index in [4.69, 9.17) is 5.73 Å². The summed E-state index contributed by atoms with van der Waals surface area (Å²) in [6.07, 6.45) is 6.28. The number of nitrogens with one attached hydrogen (secondary N) is 1. The molecule has 1 amide bonds. The van der Waals surface area contributed by atoms with Crippen LogP contribution >= 0.6 is 22.7 Å². The molecule has 0 bridgehead atoms. The largest absolute Gasteiger partial charge is 0.391 e. The van der Waals surface area contributed by atoms with Crippen LogP contribution in [-0.2, 0) is 127 Å². The number of fused-ring (bicyclic) bond motifs is 2. The fraction of sp³-hybridized carbons (Fsp3) is 0.0789. The number of thiophene rings is 2. The zero-order valence-corrected chi connectivity index (χ0v) is 42.4. The van der Waals surface area contributed by atoms with Gasteiger partial charge < -0.3 is 11.1 Å². The zero-order valence-electron chi connectivity index (χ0n) is 30.6. The van der Waals surface area contributed by atoms with Crippen molar-refractivity contribution in [1.82, 2.24) is 17.9 Å². The zero-order chi connectivity index (χ0) is 37.5. The minimum atomic E-state index is -3.75. The van der Waals surface area contributed by atoms with Crippen molar-refractivity contribution in [3.05, 3.63) is 132 Å². The van der Waals surface area contributed by atoms with Crippen LogP contribution in [0.2, 0.25) is 0 Å². The molecule has 0 aliphatic rings. The summed E-state index contributed by atoms with van der Waals surface area (Å²) in [4.78, 5) is 20.3. The van der Waals surface area contributed by atoms with Crippen LogP contribution in [0.1, 0.15) is 18.1 Å². The van der Waals surface area contributed by atoms with E-state index in [0.29, 0.717) is 16.3 Å². The molecular weight excluding hydrogens is 1030 g/mol. The average Bonchev–Trinajstić information content (AvgIpc) is 3.95. The Morgan fingerprint density at radius 2 is 1.07 bits per heavy atom. The van der Waals surface area contributed by atoms with E-state index in [0.717, 1.165) is 49.2 Å². The predicted octanol–water partition coefficient (Wildman–Crippen LogP) is 8.15. The number of aryl methyl sites for hydroxylation is 2. The molecule has 0 spiro atoms. The Morgan fingerprint density at radius 1 is 0.649 bits per heavy atom. The quantitative estimate of drug-likeness (QED) is 0.162. The van der Waals surface area contributed by atoms with E-state index in [9.17, 15) is 21.6 Å². The summed E-state index contributed by atoms with van der Waals surface area (Å²) < 4.78 is 54.5. The summed E-state index contributed by atoms with van der Waals surface area (Å²) in [6.45, 7) is 5.29. The number of carbonyl (C=O) groups is 1. The first kappa shape index (κ1) is 49.1. The smallest absolute Gasteiger partial charge is 0.269 e. The molecule has 6 heterocycles. The number of nitrogens with zero attached hydrogens (tertiary/aromatic N) is 4. The number of carbonyl (C=O) groups excluding carboxylic acids is 1. The first-order valence-electron chi connectivity index (χ1n) is 16.1. The maximum atomic E-state index is 13.1. The monoisotopic (exact) mass is 1060 g/mol. The number of nitrogen functional groups attached to an aromatic ring is 1. The van der Waals surface area contributed by atoms with Gasteiger partial charge in [0.05, 0.1) is 19.8 Å². The van der Waals surface area contributed by atoms with Crippen molar-refractivity contribution >= 4 is 80.7 Å². The molecule has 0 atom stereocenters. The third kappa shape index (κ3) is 10.4. The number of rotatable bonds is 7. The molecule has 19 heteroatoms. The van der Waals surface area contributed by atoms with Crippen LogP contribution in [0.3, 0.4) is 0 Å². The van der Waals surface area contributed by atoms with Crippen molar-refractivity contribution in [2.75, 3.05) is 11.1 Å². The Hall–Kier alpha value is -2.23. The van der Waals surface area contributed by atoms with Gasteiger partial charge in [-0.05, 0) is 96.8 Å². The van der Waals surface area contributed by atoms with Gasteiger partial charge in [0, 0.05) is 156 Å². The van der Waals surface area contributed by atoms with Gasteiger partial charge in [0.2, 0.25) is 5.91 Å². The Kier molecular flexibility index (Phi) is 17.5. The molecule has 4 radical (unpaired) electrons. The van der Waals surface area contributed by atoms with Crippen molar-refractivity contribution in [3.8, 4) is 22.3 Å². The van der Waals surface area contributed by atoms with Crippen LogP contribution in [0.25, 0.3) is 44.3 Å². The number of pyridine rings is 2. The van der Waals surface area contributed by atoms with Crippen molar-refractivity contribution in [2.24, 2.45) is 0 Å². The SMILES string of the molecule is CC(=O)Nc1cc(-c2ccnc3c2ccn3S(=O)(=O)c2ccc(C)cc2)cs1.Cc1ccc(S(=O)(=O)n2ccc3c(-c4csc(N)c4)ccnc32)cc1.[V].[V].[Y].[Y]. The second-order valence-corrected chi connectivity index (χ2v) is 17.7. The van der Waals surface area contributed by atoms with Crippen molar-refractivity contribution < 1.29 is 124 Å². The van der Waals surface area contributed by atoms with Crippen LogP contribution in [0.15, 0.2) is 130 Å². The molecule has 8 aromatic rings. The number of aromatic nitrogens is 4. The molecule has 0 aliphatic carbocycles. The minimum absolute atomic E-state index is 0. The first-order valence-corrected chi connectivity index (χ1v) is 20.7.